The quantitative estimate of drug-likeness (QED) is 0.574. The van der Waals surface area contributed by atoms with Crippen molar-refractivity contribution in [3.63, 3.8) is 0 Å². The molecule has 2 aromatic rings. The van der Waals surface area contributed by atoms with Crippen LogP contribution in [-0.4, -0.2) is 41.2 Å². The molecule has 0 aliphatic rings. The molecule has 8 heteroatoms. The molecule has 0 saturated heterocycles. The van der Waals surface area contributed by atoms with Crippen LogP contribution in [0.3, 0.4) is 0 Å². The number of nitrogens with one attached hydrogen (secondary N) is 3. The lowest BCUT2D eigenvalue weighted by Crippen LogP contribution is -2.29. The molecular weight excluding hydrogens is 312 g/mol. The summed E-state index contributed by atoms with van der Waals surface area (Å²) in [6.45, 7) is 0.484. The number of nitrogens with zero attached hydrogens (tertiary/aromatic N) is 1. The highest BCUT2D eigenvalue weighted by Crippen LogP contribution is 2.20. The number of carboxylic acid groups (broad SMARTS) is 1. The van der Waals surface area contributed by atoms with Crippen molar-refractivity contribution in [3.8, 4) is 0 Å². The molecule has 2 rings (SSSR count). The molecule has 1 heterocycles. The Labute approximate surface area is 138 Å². The molecule has 0 aliphatic carbocycles. The van der Waals surface area contributed by atoms with Crippen LogP contribution in [0.4, 0.5) is 10.5 Å². The molecule has 0 radical (unpaired) electrons. The first kappa shape index (κ1) is 17.3. The molecule has 0 unspecified atom stereocenters. The van der Waals surface area contributed by atoms with E-state index in [4.69, 9.17) is 5.11 Å². The molecule has 0 aliphatic heterocycles. The minimum Gasteiger partial charge on any atom is -0.481 e. The number of hydrogen-bond acceptors (Lipinski definition) is 3. The molecule has 8 nitrogen and oxygen atoms in total. The fourth-order valence-electron chi connectivity index (χ4n) is 2.25. The number of likely N-dealkylation sites (N-methyl/N-ethyl adjacent to an activating group) is 1. The van der Waals surface area contributed by atoms with Gasteiger partial charge in [0.1, 0.15) is 6.54 Å². The highest BCUT2D eigenvalue weighted by atomic mass is 16.4. The summed E-state index contributed by atoms with van der Waals surface area (Å²) in [4.78, 5) is 33.7. The van der Waals surface area contributed by atoms with Crippen molar-refractivity contribution in [2.45, 2.75) is 19.4 Å². The summed E-state index contributed by atoms with van der Waals surface area (Å²) in [7, 11) is 1.58. The third kappa shape index (κ3) is 4.73. The summed E-state index contributed by atoms with van der Waals surface area (Å²) in [5, 5.41) is 17.4. The average Bonchev–Trinajstić information content (AvgIpc) is 2.93. The van der Waals surface area contributed by atoms with Crippen LogP contribution < -0.4 is 16.0 Å². The van der Waals surface area contributed by atoms with Crippen molar-refractivity contribution in [2.75, 3.05) is 18.9 Å². The van der Waals surface area contributed by atoms with Crippen LogP contribution in [0.25, 0.3) is 10.9 Å². The van der Waals surface area contributed by atoms with E-state index < -0.39 is 12.0 Å². The predicted molar refractivity (Wildman–Crippen MR) is 89.9 cm³/mol. The van der Waals surface area contributed by atoms with Crippen LogP contribution in [0.5, 0.6) is 0 Å². The largest absolute Gasteiger partial charge is 0.481 e. The van der Waals surface area contributed by atoms with Crippen LogP contribution >= 0.6 is 0 Å². The van der Waals surface area contributed by atoms with Crippen LogP contribution in [0, 0.1) is 0 Å². The van der Waals surface area contributed by atoms with Crippen LogP contribution in [-0.2, 0) is 16.1 Å². The molecule has 128 valence electrons. The monoisotopic (exact) mass is 332 g/mol. The number of benzene rings is 1. The highest BCUT2D eigenvalue weighted by molar-refractivity contribution is 5.93. The average molecular weight is 332 g/mol. The van der Waals surface area contributed by atoms with Crippen LogP contribution in [0.1, 0.15) is 12.8 Å². The van der Waals surface area contributed by atoms with Crippen molar-refractivity contribution < 1.29 is 19.5 Å². The van der Waals surface area contributed by atoms with Gasteiger partial charge in [0, 0.05) is 31.9 Å². The van der Waals surface area contributed by atoms with E-state index in [1.807, 2.05) is 18.3 Å². The van der Waals surface area contributed by atoms with Crippen LogP contribution in [0.15, 0.2) is 30.5 Å². The first-order valence-electron chi connectivity index (χ1n) is 7.55. The molecule has 1 aromatic heterocycles. The Morgan fingerprint density at radius 2 is 2.00 bits per heavy atom. The SMILES string of the molecule is CNC(=O)Cn1ccc2ccc(NC(=O)NCCCC(=O)O)cc21. The number of aliphatic carboxylic acids is 1. The first-order chi connectivity index (χ1) is 11.5. The minimum absolute atomic E-state index is 0.0131. The van der Waals surface area contributed by atoms with E-state index in [9.17, 15) is 14.4 Å². The number of carboxylic acids is 1. The molecule has 0 spiro atoms. The van der Waals surface area contributed by atoms with E-state index in [1.54, 1.807) is 23.7 Å². The number of carbonyl (C=O) groups is 3. The Morgan fingerprint density at radius 1 is 1.21 bits per heavy atom. The lowest BCUT2D eigenvalue weighted by Gasteiger charge is -2.09. The standard InChI is InChI=1S/C16H20N4O4/c1-17-14(21)10-20-8-6-11-4-5-12(9-13(11)20)19-16(24)18-7-2-3-15(22)23/h4-6,8-9H,2-3,7,10H2,1H3,(H,17,21)(H,22,23)(H2,18,19,24). The Hall–Kier alpha value is -3.03. The van der Waals surface area contributed by atoms with Gasteiger partial charge in [0.05, 0.1) is 5.52 Å². The molecule has 0 fully saturated rings. The topological polar surface area (TPSA) is 112 Å². The maximum Gasteiger partial charge on any atom is 0.319 e. The minimum atomic E-state index is -0.889. The highest BCUT2D eigenvalue weighted by Gasteiger charge is 2.07. The number of rotatable bonds is 7. The smallest absolute Gasteiger partial charge is 0.319 e. The summed E-state index contributed by atoms with van der Waals surface area (Å²) in [5.41, 5.74) is 1.43. The third-order valence-corrected chi connectivity index (χ3v) is 3.48. The van der Waals surface area contributed by atoms with E-state index >= 15 is 0 Å². The summed E-state index contributed by atoms with van der Waals surface area (Å²) < 4.78 is 1.80. The zero-order valence-electron chi connectivity index (χ0n) is 13.3. The van der Waals surface area contributed by atoms with Gasteiger partial charge in [-0.1, -0.05) is 6.07 Å². The Bertz CT molecular complexity index is 754. The summed E-state index contributed by atoms with van der Waals surface area (Å²) in [6.07, 6.45) is 2.20. The summed E-state index contributed by atoms with van der Waals surface area (Å²) in [6, 6.07) is 6.91. The van der Waals surface area contributed by atoms with E-state index in [-0.39, 0.29) is 25.4 Å². The van der Waals surface area contributed by atoms with Gasteiger partial charge in [-0.05, 0) is 30.0 Å². The summed E-state index contributed by atoms with van der Waals surface area (Å²) in [5.74, 6) is -0.999. The van der Waals surface area contributed by atoms with Gasteiger partial charge in [0.25, 0.3) is 0 Å². The number of anilines is 1. The van der Waals surface area contributed by atoms with E-state index in [0.717, 1.165) is 10.9 Å². The van der Waals surface area contributed by atoms with E-state index in [2.05, 4.69) is 16.0 Å². The third-order valence-electron chi connectivity index (χ3n) is 3.48. The Morgan fingerprint density at radius 3 is 2.71 bits per heavy atom. The number of urea groups is 1. The van der Waals surface area contributed by atoms with Gasteiger partial charge in [0.2, 0.25) is 5.91 Å². The second-order valence-electron chi connectivity index (χ2n) is 5.27. The van der Waals surface area contributed by atoms with Crippen molar-refractivity contribution in [2.24, 2.45) is 0 Å². The zero-order chi connectivity index (χ0) is 17.5. The fraction of sp³-hybridized carbons (Fsp3) is 0.312. The molecule has 4 N–H and O–H groups in total. The van der Waals surface area contributed by atoms with Gasteiger partial charge in [0.15, 0.2) is 0 Å². The van der Waals surface area contributed by atoms with Gasteiger partial charge >= 0.3 is 12.0 Å². The van der Waals surface area contributed by atoms with Crippen LogP contribution in [0.2, 0.25) is 0 Å². The summed E-state index contributed by atoms with van der Waals surface area (Å²) >= 11 is 0. The number of carbonyl (C=O) groups excluding carboxylic acids is 2. The lowest BCUT2D eigenvalue weighted by molar-refractivity contribution is -0.137. The second kappa shape index (κ2) is 8.00. The maximum atomic E-state index is 11.8. The first-order valence-corrected chi connectivity index (χ1v) is 7.55. The number of aromatic nitrogens is 1. The number of hydrogen-bond donors (Lipinski definition) is 4. The normalized spacial score (nSPS) is 10.4. The van der Waals surface area contributed by atoms with Gasteiger partial charge in [-0.2, -0.15) is 0 Å². The lowest BCUT2D eigenvalue weighted by atomic mass is 10.2. The fourth-order valence-corrected chi connectivity index (χ4v) is 2.25. The van der Waals surface area contributed by atoms with Crippen molar-refractivity contribution in [3.05, 3.63) is 30.5 Å². The zero-order valence-corrected chi connectivity index (χ0v) is 13.3. The Balaban J connectivity index is 1.99. The Kier molecular flexibility index (Phi) is 5.78. The molecule has 3 amide bonds. The van der Waals surface area contributed by atoms with Crippen molar-refractivity contribution in [1.29, 1.82) is 0 Å². The molecular formula is C16H20N4O4. The van der Waals surface area contributed by atoms with E-state index in [1.165, 1.54) is 0 Å². The molecule has 0 saturated carbocycles. The maximum absolute atomic E-state index is 11.8. The molecule has 0 bridgehead atoms. The van der Waals surface area contributed by atoms with Crippen molar-refractivity contribution in [1.82, 2.24) is 15.2 Å². The van der Waals surface area contributed by atoms with Gasteiger partial charge in [-0.15, -0.1) is 0 Å². The molecule has 24 heavy (non-hydrogen) atoms. The number of fused-ring (bicyclic) bond motifs is 1. The second-order valence-corrected chi connectivity index (χ2v) is 5.27. The van der Waals surface area contributed by atoms with Crippen molar-refractivity contribution >= 4 is 34.5 Å². The van der Waals surface area contributed by atoms with E-state index in [0.29, 0.717) is 12.1 Å². The molecule has 1 aromatic carbocycles. The predicted octanol–water partition coefficient (Wildman–Crippen LogP) is 1.37. The van der Waals surface area contributed by atoms with Gasteiger partial charge in [-0.25, -0.2) is 4.79 Å². The van der Waals surface area contributed by atoms with Gasteiger partial charge < -0.3 is 25.6 Å². The number of amides is 3. The molecule has 0 atom stereocenters. The van der Waals surface area contributed by atoms with Gasteiger partial charge in [-0.3, -0.25) is 9.59 Å².